The highest BCUT2D eigenvalue weighted by molar-refractivity contribution is 6.12. The molecule has 0 N–H and O–H groups in total. The smallest absolute Gasteiger partial charge is 0.343 e. The number of benzene rings is 3. The van der Waals surface area contributed by atoms with Crippen LogP contribution in [0, 0.1) is 11.3 Å². The molecule has 0 aliphatic carbocycles. The van der Waals surface area contributed by atoms with Gasteiger partial charge in [0.1, 0.15) is 17.4 Å². The number of rotatable bonds is 7. The predicted molar refractivity (Wildman–Crippen MR) is 132 cm³/mol. The highest BCUT2D eigenvalue weighted by Gasteiger charge is 2.26. The second kappa shape index (κ2) is 10.6. The lowest BCUT2D eigenvalue weighted by Gasteiger charge is -2.16. The third-order valence-corrected chi connectivity index (χ3v) is 5.59. The van der Waals surface area contributed by atoms with E-state index in [4.69, 9.17) is 14.2 Å². The van der Waals surface area contributed by atoms with Crippen LogP contribution in [-0.2, 0) is 11.2 Å². The number of esters is 1. The summed E-state index contributed by atoms with van der Waals surface area (Å²) in [6.45, 7) is 2.68. The molecule has 0 unspecified atom stereocenters. The van der Waals surface area contributed by atoms with E-state index >= 15 is 0 Å². The standard InChI is InChI=1S/C28H24N2O5/c1-3-34-26-17-19(8-13-25(26)35-28(32)21-9-11-23(33-2)12-10-21)16-22(18-29)27(31)30-15-14-20-6-4-5-7-24(20)30/h4-13,16-17H,3,14-15H2,1-2H3. The fourth-order valence-electron chi connectivity index (χ4n) is 3.86. The van der Waals surface area contributed by atoms with Gasteiger partial charge >= 0.3 is 5.97 Å². The van der Waals surface area contributed by atoms with Crippen molar-refractivity contribution in [2.24, 2.45) is 0 Å². The van der Waals surface area contributed by atoms with Crippen molar-refractivity contribution in [2.75, 3.05) is 25.2 Å². The van der Waals surface area contributed by atoms with Crippen molar-refractivity contribution >= 4 is 23.6 Å². The first-order valence-electron chi connectivity index (χ1n) is 11.2. The van der Waals surface area contributed by atoms with Crippen LogP contribution in [0.25, 0.3) is 6.08 Å². The molecule has 1 heterocycles. The Hall–Kier alpha value is -4.57. The summed E-state index contributed by atoms with van der Waals surface area (Å²) in [5.74, 6) is 0.304. The summed E-state index contributed by atoms with van der Waals surface area (Å²) in [5, 5.41) is 9.70. The van der Waals surface area contributed by atoms with E-state index in [-0.39, 0.29) is 17.2 Å². The lowest BCUT2D eigenvalue weighted by atomic mass is 10.1. The third-order valence-electron chi connectivity index (χ3n) is 5.59. The lowest BCUT2D eigenvalue weighted by molar-refractivity contribution is -0.114. The molecule has 0 saturated carbocycles. The van der Waals surface area contributed by atoms with Crippen LogP contribution in [0.4, 0.5) is 5.69 Å². The Balaban J connectivity index is 1.57. The Morgan fingerprint density at radius 3 is 2.54 bits per heavy atom. The zero-order valence-electron chi connectivity index (χ0n) is 19.5. The van der Waals surface area contributed by atoms with Crippen LogP contribution < -0.4 is 19.1 Å². The molecule has 35 heavy (non-hydrogen) atoms. The Bertz CT molecular complexity index is 1320. The van der Waals surface area contributed by atoms with E-state index in [0.717, 1.165) is 17.7 Å². The number of methoxy groups -OCH3 is 1. The molecule has 0 spiro atoms. The number of carbonyl (C=O) groups is 2. The van der Waals surface area contributed by atoms with Crippen LogP contribution in [0.15, 0.2) is 72.3 Å². The highest BCUT2D eigenvalue weighted by Crippen LogP contribution is 2.32. The number of nitriles is 1. The van der Waals surface area contributed by atoms with Crippen LogP contribution in [0.2, 0.25) is 0 Å². The molecule has 0 fully saturated rings. The zero-order valence-corrected chi connectivity index (χ0v) is 19.5. The molecule has 7 nitrogen and oxygen atoms in total. The maximum Gasteiger partial charge on any atom is 0.343 e. The number of para-hydroxylation sites is 1. The van der Waals surface area contributed by atoms with E-state index in [1.807, 2.05) is 37.3 Å². The van der Waals surface area contributed by atoms with Gasteiger partial charge < -0.3 is 19.1 Å². The van der Waals surface area contributed by atoms with E-state index in [9.17, 15) is 14.9 Å². The van der Waals surface area contributed by atoms with Crippen molar-refractivity contribution in [3.8, 4) is 23.3 Å². The molecule has 3 aromatic rings. The monoisotopic (exact) mass is 468 g/mol. The number of anilines is 1. The topological polar surface area (TPSA) is 88.9 Å². The van der Waals surface area contributed by atoms with Gasteiger partial charge in [-0.05, 0) is 73.0 Å². The van der Waals surface area contributed by atoms with Crippen LogP contribution in [-0.4, -0.2) is 32.1 Å². The SMILES string of the molecule is CCOc1cc(C=C(C#N)C(=O)N2CCc3ccccc32)ccc1OC(=O)c1ccc(OC)cc1. The van der Waals surface area contributed by atoms with E-state index in [0.29, 0.717) is 35.8 Å². The van der Waals surface area contributed by atoms with E-state index in [1.54, 1.807) is 54.5 Å². The fourth-order valence-corrected chi connectivity index (χ4v) is 3.86. The van der Waals surface area contributed by atoms with Gasteiger partial charge in [-0.2, -0.15) is 5.26 Å². The van der Waals surface area contributed by atoms with Gasteiger partial charge in [0.2, 0.25) is 0 Å². The van der Waals surface area contributed by atoms with Crippen molar-refractivity contribution in [1.82, 2.24) is 0 Å². The molecule has 1 aliphatic rings. The Morgan fingerprint density at radius 1 is 1.06 bits per heavy atom. The van der Waals surface area contributed by atoms with E-state index in [2.05, 4.69) is 0 Å². The minimum atomic E-state index is -0.544. The summed E-state index contributed by atoms with van der Waals surface area (Å²) in [4.78, 5) is 27.3. The highest BCUT2D eigenvalue weighted by atomic mass is 16.6. The summed E-state index contributed by atoms with van der Waals surface area (Å²) >= 11 is 0. The maximum atomic E-state index is 13.1. The maximum absolute atomic E-state index is 13.1. The minimum Gasteiger partial charge on any atom is -0.497 e. The summed E-state index contributed by atoms with van der Waals surface area (Å²) in [6.07, 6.45) is 2.27. The molecular weight excluding hydrogens is 444 g/mol. The normalized spacial score (nSPS) is 12.5. The quantitative estimate of drug-likeness (QED) is 0.214. The molecule has 176 valence electrons. The van der Waals surface area contributed by atoms with Gasteiger partial charge in [0.25, 0.3) is 5.91 Å². The van der Waals surface area contributed by atoms with Gasteiger partial charge in [0.15, 0.2) is 11.5 Å². The van der Waals surface area contributed by atoms with Gasteiger partial charge in [-0.25, -0.2) is 4.79 Å². The summed E-state index contributed by atoms with van der Waals surface area (Å²) in [6, 6.07) is 21.2. The molecule has 1 aliphatic heterocycles. The first kappa shape index (κ1) is 23.6. The summed E-state index contributed by atoms with van der Waals surface area (Å²) in [5.41, 5.74) is 2.86. The van der Waals surface area contributed by atoms with E-state index in [1.165, 1.54) is 6.08 Å². The molecule has 1 amide bonds. The van der Waals surface area contributed by atoms with Crippen LogP contribution in [0.1, 0.15) is 28.4 Å². The van der Waals surface area contributed by atoms with E-state index < -0.39 is 5.97 Å². The molecule has 7 heteroatoms. The number of ether oxygens (including phenoxy) is 3. The number of hydrogen-bond acceptors (Lipinski definition) is 6. The molecule has 0 aromatic heterocycles. The first-order valence-corrected chi connectivity index (χ1v) is 11.2. The number of amides is 1. The van der Waals surface area contributed by atoms with Gasteiger partial charge in [-0.1, -0.05) is 24.3 Å². The van der Waals surface area contributed by atoms with Crippen LogP contribution >= 0.6 is 0 Å². The van der Waals surface area contributed by atoms with Gasteiger partial charge in [-0.15, -0.1) is 0 Å². The molecule has 0 saturated heterocycles. The van der Waals surface area contributed by atoms with Crippen molar-refractivity contribution < 1.29 is 23.8 Å². The van der Waals surface area contributed by atoms with Crippen molar-refractivity contribution in [2.45, 2.75) is 13.3 Å². The molecule has 0 radical (unpaired) electrons. The largest absolute Gasteiger partial charge is 0.497 e. The zero-order chi connectivity index (χ0) is 24.8. The third kappa shape index (κ3) is 5.17. The second-order valence-corrected chi connectivity index (χ2v) is 7.76. The predicted octanol–water partition coefficient (Wildman–Crippen LogP) is 4.81. The minimum absolute atomic E-state index is 0.00660. The Morgan fingerprint density at radius 2 is 1.83 bits per heavy atom. The Labute approximate surface area is 203 Å². The Kier molecular flexibility index (Phi) is 7.12. The number of hydrogen-bond donors (Lipinski definition) is 0. The summed E-state index contributed by atoms with van der Waals surface area (Å²) < 4.78 is 16.3. The lowest BCUT2D eigenvalue weighted by Crippen LogP contribution is -2.29. The number of carbonyl (C=O) groups excluding carboxylic acids is 2. The molecule has 0 atom stereocenters. The molecular formula is C28H24N2O5. The van der Waals surface area contributed by atoms with Crippen molar-refractivity contribution in [1.29, 1.82) is 5.26 Å². The molecule has 0 bridgehead atoms. The van der Waals surface area contributed by atoms with Crippen molar-refractivity contribution in [3.05, 3.63) is 89.0 Å². The summed E-state index contributed by atoms with van der Waals surface area (Å²) in [7, 11) is 1.55. The van der Waals surface area contributed by atoms with Crippen LogP contribution in [0.3, 0.4) is 0 Å². The average molecular weight is 469 g/mol. The first-order chi connectivity index (χ1) is 17.0. The molecule has 4 rings (SSSR count). The number of nitrogens with zero attached hydrogens (tertiary/aromatic N) is 2. The van der Waals surface area contributed by atoms with Gasteiger partial charge in [0, 0.05) is 12.2 Å². The van der Waals surface area contributed by atoms with Crippen molar-refractivity contribution in [3.63, 3.8) is 0 Å². The average Bonchev–Trinajstić information content (AvgIpc) is 3.32. The molecule has 3 aromatic carbocycles. The fraction of sp³-hybridized carbons (Fsp3) is 0.179. The number of fused-ring (bicyclic) bond motifs is 1. The van der Waals surface area contributed by atoms with Gasteiger partial charge in [-0.3, -0.25) is 4.79 Å². The second-order valence-electron chi connectivity index (χ2n) is 7.76. The van der Waals surface area contributed by atoms with Crippen LogP contribution in [0.5, 0.6) is 17.2 Å². The van der Waals surface area contributed by atoms with Gasteiger partial charge in [0.05, 0.1) is 19.3 Å².